The molecule has 0 spiro atoms. The van der Waals surface area contributed by atoms with Gasteiger partial charge in [-0.1, -0.05) is 6.92 Å². The van der Waals surface area contributed by atoms with Crippen LogP contribution in [-0.2, 0) is 0 Å². The molecule has 1 aromatic heterocycles. The van der Waals surface area contributed by atoms with Crippen LogP contribution in [0.2, 0.25) is 0 Å². The highest BCUT2D eigenvalue weighted by Crippen LogP contribution is 2.45. The van der Waals surface area contributed by atoms with Crippen LogP contribution in [-0.4, -0.2) is 9.97 Å². The van der Waals surface area contributed by atoms with Crippen LogP contribution in [0.1, 0.15) is 49.3 Å². The van der Waals surface area contributed by atoms with Crippen molar-refractivity contribution in [2.45, 2.75) is 39.2 Å². The molecule has 0 aromatic carbocycles. The van der Waals surface area contributed by atoms with E-state index in [9.17, 15) is 0 Å². The number of aromatic nitrogens is 2. The lowest BCUT2D eigenvalue weighted by Crippen LogP contribution is -2.10. The molecular weight excluding hydrogens is 174 g/mol. The Bertz CT molecular complexity index is 346. The van der Waals surface area contributed by atoms with Gasteiger partial charge in [-0.15, -0.1) is 0 Å². The van der Waals surface area contributed by atoms with Crippen molar-refractivity contribution in [2.75, 3.05) is 0 Å². The Hall–Kier alpha value is -0.960. The largest absolute Gasteiger partial charge is 0.324 e. The molecule has 0 saturated heterocycles. The fraction of sp³-hybridized carbons (Fsp3) is 0.636. The first-order valence-corrected chi connectivity index (χ1v) is 5.18. The highest BCUT2D eigenvalue weighted by Gasteiger charge is 2.36. The predicted octanol–water partition coefficient (Wildman–Crippen LogP) is 1.93. The van der Waals surface area contributed by atoms with E-state index in [0.717, 1.165) is 23.0 Å². The zero-order valence-corrected chi connectivity index (χ0v) is 8.99. The van der Waals surface area contributed by atoms with Gasteiger partial charge in [0.05, 0.1) is 0 Å². The second-order valence-corrected chi connectivity index (χ2v) is 4.38. The van der Waals surface area contributed by atoms with E-state index < -0.39 is 0 Å². The molecule has 1 aromatic rings. The summed E-state index contributed by atoms with van der Waals surface area (Å²) in [7, 11) is 0. The topological polar surface area (TPSA) is 51.8 Å². The number of nitrogens with two attached hydrogens (primary N) is 1. The van der Waals surface area contributed by atoms with E-state index in [2.05, 4.69) is 16.9 Å². The second-order valence-electron chi connectivity index (χ2n) is 4.38. The van der Waals surface area contributed by atoms with Crippen LogP contribution >= 0.6 is 0 Å². The van der Waals surface area contributed by atoms with Gasteiger partial charge >= 0.3 is 0 Å². The molecule has 2 N–H and O–H groups in total. The average Bonchev–Trinajstić information content (AvgIpc) is 2.81. The van der Waals surface area contributed by atoms with Crippen LogP contribution < -0.4 is 5.73 Å². The first kappa shape index (κ1) is 9.59. The quantitative estimate of drug-likeness (QED) is 0.777. The fourth-order valence-corrected chi connectivity index (χ4v) is 1.80. The number of hydrogen-bond donors (Lipinski definition) is 1. The van der Waals surface area contributed by atoms with Gasteiger partial charge in [0.1, 0.15) is 5.82 Å². The molecule has 0 amide bonds. The summed E-state index contributed by atoms with van der Waals surface area (Å²) in [5.41, 5.74) is 7.89. The average molecular weight is 191 g/mol. The van der Waals surface area contributed by atoms with Crippen molar-refractivity contribution in [3.63, 3.8) is 0 Å². The Morgan fingerprint density at radius 3 is 2.64 bits per heavy atom. The maximum absolute atomic E-state index is 5.80. The fourth-order valence-electron chi connectivity index (χ4n) is 1.80. The molecule has 0 radical (unpaired) electrons. The minimum absolute atomic E-state index is 0.0284. The van der Waals surface area contributed by atoms with Gasteiger partial charge in [-0.25, -0.2) is 9.97 Å². The second kappa shape index (κ2) is 3.31. The minimum atomic E-state index is 0.0284. The van der Waals surface area contributed by atoms with Crippen LogP contribution in [0.4, 0.5) is 0 Å². The third kappa shape index (κ3) is 1.64. The third-order valence-electron chi connectivity index (χ3n) is 2.97. The van der Waals surface area contributed by atoms with Gasteiger partial charge in [0.15, 0.2) is 0 Å². The van der Waals surface area contributed by atoms with Crippen LogP contribution in [0.25, 0.3) is 0 Å². The Morgan fingerprint density at radius 2 is 2.21 bits per heavy atom. The molecule has 1 aliphatic rings. The van der Waals surface area contributed by atoms with E-state index >= 15 is 0 Å². The summed E-state index contributed by atoms with van der Waals surface area (Å²) in [6.45, 7) is 6.21. The van der Waals surface area contributed by atoms with Crippen molar-refractivity contribution >= 4 is 0 Å². The molecule has 0 aliphatic heterocycles. The molecule has 76 valence electrons. The van der Waals surface area contributed by atoms with Crippen LogP contribution in [0.3, 0.4) is 0 Å². The van der Waals surface area contributed by atoms with Crippen LogP contribution in [0, 0.1) is 12.8 Å². The maximum atomic E-state index is 5.80. The Labute approximate surface area is 84.8 Å². The van der Waals surface area contributed by atoms with Crippen molar-refractivity contribution in [1.82, 2.24) is 9.97 Å². The Kier molecular flexibility index (Phi) is 2.27. The summed E-state index contributed by atoms with van der Waals surface area (Å²) in [6.07, 6.45) is 3.12. The lowest BCUT2D eigenvalue weighted by atomic mass is 10.1. The standard InChI is InChI=1S/C11H17N3/c1-6-4-9(6)11-13-5-10(7(2)12)8(3)14-11/h5-7,9H,4,12H2,1-3H3/t6?,7-,9?/m0/s1. The molecule has 2 unspecified atom stereocenters. The Morgan fingerprint density at radius 1 is 1.57 bits per heavy atom. The Balaban J connectivity index is 2.27. The van der Waals surface area contributed by atoms with Gasteiger partial charge < -0.3 is 5.73 Å². The molecule has 3 nitrogen and oxygen atoms in total. The molecule has 1 fully saturated rings. The maximum Gasteiger partial charge on any atom is 0.131 e. The third-order valence-corrected chi connectivity index (χ3v) is 2.97. The van der Waals surface area contributed by atoms with Crippen LogP contribution in [0.15, 0.2) is 6.20 Å². The smallest absolute Gasteiger partial charge is 0.131 e. The SMILES string of the molecule is Cc1nc(C2CC2C)ncc1[C@H](C)N. The summed E-state index contributed by atoms with van der Waals surface area (Å²) >= 11 is 0. The van der Waals surface area contributed by atoms with Gasteiger partial charge in [0.2, 0.25) is 0 Å². The van der Waals surface area contributed by atoms with Crippen molar-refractivity contribution in [3.05, 3.63) is 23.3 Å². The molecule has 3 heteroatoms. The summed E-state index contributed by atoms with van der Waals surface area (Å²) in [5.74, 6) is 2.35. The summed E-state index contributed by atoms with van der Waals surface area (Å²) in [6, 6.07) is 0.0284. The van der Waals surface area contributed by atoms with Gasteiger partial charge in [-0.2, -0.15) is 0 Å². The molecule has 1 saturated carbocycles. The number of rotatable bonds is 2. The normalized spacial score (nSPS) is 27.4. The highest BCUT2D eigenvalue weighted by molar-refractivity contribution is 5.22. The van der Waals surface area contributed by atoms with E-state index in [1.54, 1.807) is 0 Å². The van der Waals surface area contributed by atoms with E-state index in [-0.39, 0.29) is 6.04 Å². The van der Waals surface area contributed by atoms with E-state index in [1.807, 2.05) is 20.0 Å². The molecule has 14 heavy (non-hydrogen) atoms. The van der Waals surface area contributed by atoms with E-state index in [4.69, 9.17) is 5.73 Å². The van der Waals surface area contributed by atoms with E-state index in [0.29, 0.717) is 5.92 Å². The molecule has 1 aliphatic carbocycles. The summed E-state index contributed by atoms with van der Waals surface area (Å²) < 4.78 is 0. The van der Waals surface area contributed by atoms with Gasteiger partial charge in [-0.3, -0.25) is 0 Å². The zero-order chi connectivity index (χ0) is 10.3. The minimum Gasteiger partial charge on any atom is -0.324 e. The van der Waals surface area contributed by atoms with Crippen molar-refractivity contribution in [1.29, 1.82) is 0 Å². The number of hydrogen-bond acceptors (Lipinski definition) is 3. The van der Waals surface area contributed by atoms with Gasteiger partial charge in [-0.05, 0) is 26.2 Å². The molecular formula is C11H17N3. The van der Waals surface area contributed by atoms with Crippen LogP contribution in [0.5, 0.6) is 0 Å². The van der Waals surface area contributed by atoms with E-state index in [1.165, 1.54) is 6.42 Å². The van der Waals surface area contributed by atoms with Crippen molar-refractivity contribution in [3.8, 4) is 0 Å². The molecule has 2 rings (SSSR count). The monoisotopic (exact) mass is 191 g/mol. The van der Waals surface area contributed by atoms with Crippen molar-refractivity contribution in [2.24, 2.45) is 11.7 Å². The molecule has 1 heterocycles. The zero-order valence-electron chi connectivity index (χ0n) is 8.99. The lowest BCUT2D eigenvalue weighted by molar-refractivity contribution is 0.761. The number of nitrogens with zero attached hydrogens (tertiary/aromatic N) is 2. The van der Waals surface area contributed by atoms with Gasteiger partial charge in [0, 0.05) is 29.4 Å². The molecule has 3 atom stereocenters. The highest BCUT2D eigenvalue weighted by atomic mass is 14.9. The van der Waals surface area contributed by atoms with Gasteiger partial charge in [0.25, 0.3) is 0 Å². The molecule has 0 bridgehead atoms. The lowest BCUT2D eigenvalue weighted by Gasteiger charge is -2.09. The first-order chi connectivity index (χ1) is 6.59. The summed E-state index contributed by atoms with van der Waals surface area (Å²) in [5, 5.41) is 0. The first-order valence-electron chi connectivity index (χ1n) is 5.18. The number of aryl methyl sites for hydroxylation is 1. The van der Waals surface area contributed by atoms with Crippen molar-refractivity contribution < 1.29 is 0 Å². The summed E-state index contributed by atoms with van der Waals surface area (Å²) in [4.78, 5) is 8.90. The predicted molar refractivity (Wildman–Crippen MR) is 55.9 cm³/mol.